The number of halogens is 1. The van der Waals surface area contributed by atoms with Gasteiger partial charge < -0.3 is 14.8 Å². The molecule has 0 fully saturated rings. The van der Waals surface area contributed by atoms with Gasteiger partial charge in [-0.3, -0.25) is 9.59 Å². The van der Waals surface area contributed by atoms with Crippen LogP contribution in [0, 0.1) is 5.92 Å². The molecule has 2 aromatic carbocycles. The highest BCUT2D eigenvalue weighted by molar-refractivity contribution is 6.30. The van der Waals surface area contributed by atoms with Gasteiger partial charge in [0.2, 0.25) is 0 Å². The van der Waals surface area contributed by atoms with Crippen molar-refractivity contribution in [3.8, 4) is 11.5 Å². The fraction of sp³-hybridized carbons (Fsp3) is 0.348. The fourth-order valence-electron chi connectivity index (χ4n) is 2.70. The van der Waals surface area contributed by atoms with Gasteiger partial charge in [-0.15, -0.1) is 0 Å². The van der Waals surface area contributed by atoms with Crippen molar-refractivity contribution in [2.75, 3.05) is 13.7 Å². The van der Waals surface area contributed by atoms with Gasteiger partial charge in [0.15, 0.2) is 11.5 Å². The maximum atomic E-state index is 12.6. The molecular weight excluding hydrogens is 418 g/mol. The first-order valence-electron chi connectivity index (χ1n) is 10.1. The second-order valence-corrected chi connectivity index (χ2v) is 7.63. The SMILES string of the molecule is CCCOc1ccc(C=NNC(=O)C(NC(=O)c2ccc(Cl)cc2)C(C)C)cc1OC. The first-order chi connectivity index (χ1) is 14.8. The molecule has 0 saturated carbocycles. The number of methoxy groups -OCH3 is 1. The lowest BCUT2D eigenvalue weighted by molar-refractivity contribution is -0.123. The molecule has 0 aliphatic rings. The molecule has 2 N–H and O–H groups in total. The van der Waals surface area contributed by atoms with E-state index in [0.717, 1.165) is 12.0 Å². The summed E-state index contributed by atoms with van der Waals surface area (Å²) in [4.78, 5) is 25.0. The summed E-state index contributed by atoms with van der Waals surface area (Å²) in [5.41, 5.74) is 3.64. The third kappa shape index (κ3) is 7.29. The molecule has 0 spiro atoms. The highest BCUT2D eigenvalue weighted by Crippen LogP contribution is 2.27. The van der Waals surface area contributed by atoms with Gasteiger partial charge in [-0.2, -0.15) is 5.10 Å². The van der Waals surface area contributed by atoms with E-state index in [-0.39, 0.29) is 11.8 Å². The van der Waals surface area contributed by atoms with Crippen LogP contribution in [-0.2, 0) is 4.79 Å². The van der Waals surface area contributed by atoms with E-state index >= 15 is 0 Å². The molecule has 0 saturated heterocycles. The van der Waals surface area contributed by atoms with Gasteiger partial charge >= 0.3 is 0 Å². The van der Waals surface area contributed by atoms with E-state index in [2.05, 4.69) is 15.8 Å². The van der Waals surface area contributed by atoms with Gasteiger partial charge in [-0.05, 0) is 60.4 Å². The molecule has 2 aromatic rings. The molecule has 0 bridgehead atoms. The number of rotatable bonds is 10. The Bertz CT molecular complexity index is 914. The van der Waals surface area contributed by atoms with Crippen LogP contribution in [0.15, 0.2) is 47.6 Å². The van der Waals surface area contributed by atoms with Crippen LogP contribution in [0.25, 0.3) is 0 Å². The van der Waals surface area contributed by atoms with Gasteiger partial charge in [0.1, 0.15) is 6.04 Å². The van der Waals surface area contributed by atoms with Crippen LogP contribution in [0.1, 0.15) is 43.1 Å². The van der Waals surface area contributed by atoms with E-state index in [4.69, 9.17) is 21.1 Å². The number of ether oxygens (including phenoxy) is 2. The lowest BCUT2D eigenvalue weighted by atomic mass is 10.0. The first-order valence-corrected chi connectivity index (χ1v) is 10.4. The van der Waals surface area contributed by atoms with Crippen molar-refractivity contribution in [3.63, 3.8) is 0 Å². The Hall–Kier alpha value is -3.06. The molecule has 2 rings (SSSR count). The van der Waals surface area contributed by atoms with Gasteiger partial charge in [-0.1, -0.05) is 32.4 Å². The molecule has 0 radical (unpaired) electrons. The van der Waals surface area contributed by atoms with Crippen molar-refractivity contribution in [1.29, 1.82) is 0 Å². The summed E-state index contributed by atoms with van der Waals surface area (Å²) in [6.45, 7) is 6.31. The second kappa shape index (κ2) is 12.0. The summed E-state index contributed by atoms with van der Waals surface area (Å²) in [6, 6.07) is 11.1. The quantitative estimate of drug-likeness (QED) is 0.426. The number of benzene rings is 2. The molecular formula is C23H28ClN3O4. The van der Waals surface area contributed by atoms with E-state index in [9.17, 15) is 9.59 Å². The molecule has 0 aliphatic heterocycles. The van der Waals surface area contributed by atoms with Crippen molar-refractivity contribution in [1.82, 2.24) is 10.7 Å². The Morgan fingerprint density at radius 1 is 1.13 bits per heavy atom. The largest absolute Gasteiger partial charge is 0.493 e. The number of nitrogens with one attached hydrogen (secondary N) is 2. The molecule has 2 amide bonds. The van der Waals surface area contributed by atoms with E-state index in [1.54, 1.807) is 43.5 Å². The maximum absolute atomic E-state index is 12.6. The van der Waals surface area contributed by atoms with Crippen LogP contribution >= 0.6 is 11.6 Å². The average molecular weight is 446 g/mol. The Morgan fingerprint density at radius 2 is 1.84 bits per heavy atom. The molecule has 0 aromatic heterocycles. The molecule has 166 valence electrons. The standard InChI is InChI=1S/C23H28ClN3O4/c1-5-12-31-19-11-6-16(13-20(19)30-4)14-25-27-23(29)21(15(2)3)26-22(28)17-7-9-18(24)10-8-17/h6-11,13-15,21H,5,12H2,1-4H3,(H,26,28)(H,27,29). The fourth-order valence-corrected chi connectivity index (χ4v) is 2.82. The number of hydrazone groups is 1. The van der Waals surface area contributed by atoms with Crippen LogP contribution in [0.4, 0.5) is 0 Å². The molecule has 0 heterocycles. The highest BCUT2D eigenvalue weighted by atomic mass is 35.5. The number of hydrogen-bond donors (Lipinski definition) is 2. The van der Waals surface area contributed by atoms with E-state index in [1.165, 1.54) is 6.21 Å². The predicted octanol–water partition coefficient (Wildman–Crippen LogP) is 4.04. The number of carbonyl (C=O) groups excluding carboxylic acids is 2. The van der Waals surface area contributed by atoms with Crippen LogP contribution < -0.4 is 20.2 Å². The summed E-state index contributed by atoms with van der Waals surface area (Å²) in [6.07, 6.45) is 2.40. The normalized spacial score (nSPS) is 11.9. The smallest absolute Gasteiger partial charge is 0.262 e. The molecule has 1 unspecified atom stereocenters. The van der Waals surface area contributed by atoms with Crippen molar-refractivity contribution in [2.45, 2.75) is 33.2 Å². The zero-order valence-corrected chi connectivity index (χ0v) is 18.9. The number of carbonyl (C=O) groups is 2. The summed E-state index contributed by atoms with van der Waals surface area (Å²) < 4.78 is 11.0. The van der Waals surface area contributed by atoms with Gasteiger partial charge in [-0.25, -0.2) is 5.43 Å². The van der Waals surface area contributed by atoms with E-state index in [0.29, 0.717) is 28.7 Å². The molecule has 1 atom stereocenters. The van der Waals surface area contributed by atoms with E-state index < -0.39 is 11.9 Å². The van der Waals surface area contributed by atoms with Gasteiger partial charge in [0.05, 0.1) is 19.9 Å². The summed E-state index contributed by atoms with van der Waals surface area (Å²) in [5.74, 6) is 0.321. The predicted molar refractivity (Wildman–Crippen MR) is 122 cm³/mol. The first kappa shape index (κ1) is 24.2. The average Bonchev–Trinajstić information content (AvgIpc) is 2.76. The Morgan fingerprint density at radius 3 is 2.45 bits per heavy atom. The molecule has 0 aliphatic carbocycles. The summed E-state index contributed by atoms with van der Waals surface area (Å²) in [5, 5.41) is 7.29. The summed E-state index contributed by atoms with van der Waals surface area (Å²) >= 11 is 5.85. The van der Waals surface area contributed by atoms with Crippen LogP contribution in [0.3, 0.4) is 0 Å². The second-order valence-electron chi connectivity index (χ2n) is 7.20. The zero-order chi connectivity index (χ0) is 22.8. The van der Waals surface area contributed by atoms with Gasteiger partial charge in [0.25, 0.3) is 11.8 Å². The number of nitrogens with zero attached hydrogens (tertiary/aromatic N) is 1. The van der Waals surface area contributed by atoms with Crippen molar-refractivity contribution in [3.05, 3.63) is 58.6 Å². The third-order valence-corrected chi connectivity index (χ3v) is 4.63. The third-order valence-electron chi connectivity index (χ3n) is 4.38. The van der Waals surface area contributed by atoms with E-state index in [1.807, 2.05) is 26.8 Å². The lowest BCUT2D eigenvalue weighted by Gasteiger charge is -2.20. The molecule has 8 heteroatoms. The molecule has 7 nitrogen and oxygen atoms in total. The van der Waals surface area contributed by atoms with Crippen LogP contribution in [-0.4, -0.2) is 37.8 Å². The molecule has 31 heavy (non-hydrogen) atoms. The van der Waals surface area contributed by atoms with Crippen molar-refractivity contribution < 1.29 is 19.1 Å². The minimum atomic E-state index is -0.750. The topological polar surface area (TPSA) is 89.0 Å². The Kier molecular flexibility index (Phi) is 9.34. The van der Waals surface area contributed by atoms with Crippen LogP contribution in [0.2, 0.25) is 5.02 Å². The number of amides is 2. The van der Waals surface area contributed by atoms with Crippen LogP contribution in [0.5, 0.6) is 11.5 Å². The number of hydrogen-bond acceptors (Lipinski definition) is 5. The maximum Gasteiger partial charge on any atom is 0.262 e. The van der Waals surface area contributed by atoms with Crippen molar-refractivity contribution >= 4 is 29.6 Å². The minimum absolute atomic E-state index is 0.137. The lowest BCUT2D eigenvalue weighted by Crippen LogP contribution is -2.48. The van der Waals surface area contributed by atoms with Gasteiger partial charge in [0, 0.05) is 10.6 Å². The monoisotopic (exact) mass is 445 g/mol. The summed E-state index contributed by atoms with van der Waals surface area (Å²) in [7, 11) is 1.56. The Labute approximate surface area is 187 Å². The highest BCUT2D eigenvalue weighted by Gasteiger charge is 2.24. The minimum Gasteiger partial charge on any atom is -0.493 e. The zero-order valence-electron chi connectivity index (χ0n) is 18.1. The Balaban J connectivity index is 2.01. The van der Waals surface area contributed by atoms with Crippen molar-refractivity contribution in [2.24, 2.45) is 11.0 Å².